The Morgan fingerprint density at radius 1 is 1.39 bits per heavy atom. The van der Waals surface area contributed by atoms with Crippen molar-refractivity contribution in [1.82, 2.24) is 0 Å². The number of nitrogens with two attached hydrogens (primary N) is 1. The lowest BCUT2D eigenvalue weighted by atomic mass is 10.2. The zero-order chi connectivity index (χ0) is 13.8. The monoisotopic (exact) mass is 261 g/mol. The van der Waals surface area contributed by atoms with Crippen molar-refractivity contribution in [3.8, 4) is 5.75 Å². The van der Waals surface area contributed by atoms with E-state index in [1.165, 1.54) is 25.3 Å². The normalized spacial score (nSPS) is 11.6. The highest BCUT2D eigenvalue weighted by molar-refractivity contribution is 5.87. The van der Waals surface area contributed by atoms with Crippen molar-refractivity contribution in [2.24, 2.45) is 0 Å². The number of benzene rings is 1. The molecule has 0 heterocycles. The van der Waals surface area contributed by atoms with Crippen LogP contribution in [0.5, 0.6) is 5.75 Å². The van der Waals surface area contributed by atoms with Gasteiger partial charge in [0.15, 0.2) is 5.75 Å². The van der Waals surface area contributed by atoms with Crippen LogP contribution in [0.4, 0.5) is 18.9 Å². The van der Waals surface area contributed by atoms with E-state index in [0.29, 0.717) is 5.56 Å². The molecule has 0 atom stereocenters. The van der Waals surface area contributed by atoms with Crippen LogP contribution in [0, 0.1) is 0 Å². The van der Waals surface area contributed by atoms with Crippen molar-refractivity contribution in [3.05, 3.63) is 29.8 Å². The summed E-state index contributed by atoms with van der Waals surface area (Å²) in [5.41, 5.74) is 5.52. The fourth-order valence-electron chi connectivity index (χ4n) is 1.10. The number of methoxy groups -OCH3 is 1. The van der Waals surface area contributed by atoms with Gasteiger partial charge in [-0.05, 0) is 23.8 Å². The third kappa shape index (κ3) is 4.36. The van der Waals surface area contributed by atoms with Crippen LogP contribution >= 0.6 is 0 Å². The smallest absolute Gasteiger partial charge is 0.466 e. The first kappa shape index (κ1) is 13.9. The molecule has 4 nitrogen and oxygen atoms in total. The Balaban J connectivity index is 2.94. The largest absolute Gasteiger partial charge is 0.573 e. The summed E-state index contributed by atoms with van der Waals surface area (Å²) in [6.07, 6.45) is -2.46. The number of ether oxygens (including phenoxy) is 2. The van der Waals surface area contributed by atoms with Crippen molar-refractivity contribution >= 4 is 17.7 Å². The minimum absolute atomic E-state index is 0.150. The van der Waals surface area contributed by atoms with Gasteiger partial charge in [-0.3, -0.25) is 0 Å². The molecular formula is C11H10F3NO3. The molecule has 0 fully saturated rings. The molecule has 0 bridgehead atoms. The Bertz CT molecular complexity index is 469. The molecule has 7 heteroatoms. The van der Waals surface area contributed by atoms with E-state index in [1.54, 1.807) is 0 Å². The number of nitrogen functional groups attached to an aromatic ring is 1. The molecule has 0 saturated carbocycles. The number of halogens is 3. The Labute approximate surface area is 101 Å². The van der Waals surface area contributed by atoms with E-state index in [1.807, 2.05) is 0 Å². The van der Waals surface area contributed by atoms with Crippen LogP contribution in [0.3, 0.4) is 0 Å². The molecule has 0 spiro atoms. The lowest BCUT2D eigenvalue weighted by Gasteiger charge is -2.11. The van der Waals surface area contributed by atoms with Gasteiger partial charge in [0.25, 0.3) is 0 Å². The van der Waals surface area contributed by atoms with Gasteiger partial charge in [-0.15, -0.1) is 13.2 Å². The van der Waals surface area contributed by atoms with Crippen LogP contribution in [-0.4, -0.2) is 19.4 Å². The molecule has 2 N–H and O–H groups in total. The molecule has 98 valence electrons. The van der Waals surface area contributed by atoms with Gasteiger partial charge in [0, 0.05) is 6.08 Å². The Hall–Kier alpha value is -2.18. The zero-order valence-electron chi connectivity index (χ0n) is 9.32. The molecule has 1 aromatic rings. The third-order valence-corrected chi connectivity index (χ3v) is 1.88. The molecule has 0 saturated heterocycles. The predicted octanol–water partition coefficient (Wildman–Crippen LogP) is 2.35. The maximum atomic E-state index is 12.1. The number of hydrogen-bond donors (Lipinski definition) is 1. The summed E-state index contributed by atoms with van der Waals surface area (Å²) in [5, 5.41) is 0. The summed E-state index contributed by atoms with van der Waals surface area (Å²) in [5.74, 6) is -1.14. The summed E-state index contributed by atoms with van der Waals surface area (Å²) >= 11 is 0. The van der Waals surface area contributed by atoms with E-state index in [-0.39, 0.29) is 5.69 Å². The number of alkyl halides is 3. The molecule has 0 aromatic heterocycles. The number of carbonyl (C=O) groups is 1. The van der Waals surface area contributed by atoms with Crippen molar-refractivity contribution < 1.29 is 27.4 Å². The maximum absolute atomic E-state index is 12.1. The zero-order valence-corrected chi connectivity index (χ0v) is 9.32. The highest BCUT2D eigenvalue weighted by Crippen LogP contribution is 2.29. The molecule has 0 aliphatic carbocycles. The van der Waals surface area contributed by atoms with Gasteiger partial charge in [0.2, 0.25) is 0 Å². The first-order valence-corrected chi connectivity index (χ1v) is 4.73. The summed E-state index contributed by atoms with van der Waals surface area (Å²) in [7, 11) is 1.19. The fraction of sp³-hybridized carbons (Fsp3) is 0.182. The van der Waals surface area contributed by atoms with Gasteiger partial charge in [-0.1, -0.05) is 6.07 Å². The van der Waals surface area contributed by atoms with Crippen molar-refractivity contribution in [3.63, 3.8) is 0 Å². The average Bonchev–Trinajstić information content (AvgIpc) is 2.28. The number of rotatable bonds is 3. The number of esters is 1. The second kappa shape index (κ2) is 5.44. The summed E-state index contributed by atoms with van der Waals surface area (Å²) in [6, 6.07) is 3.76. The average molecular weight is 261 g/mol. The molecule has 0 radical (unpaired) electrons. The van der Waals surface area contributed by atoms with Crippen molar-refractivity contribution in [1.29, 1.82) is 0 Å². The molecule has 0 unspecified atom stereocenters. The summed E-state index contributed by atoms with van der Waals surface area (Å²) in [4.78, 5) is 10.8. The molecule has 0 aliphatic rings. The minimum Gasteiger partial charge on any atom is -0.466 e. The van der Waals surface area contributed by atoms with Crippen LogP contribution in [0.1, 0.15) is 5.56 Å². The van der Waals surface area contributed by atoms with E-state index in [0.717, 1.165) is 12.1 Å². The van der Waals surface area contributed by atoms with Gasteiger partial charge in [-0.25, -0.2) is 4.79 Å². The predicted molar refractivity (Wildman–Crippen MR) is 58.6 cm³/mol. The van der Waals surface area contributed by atoms with Crippen LogP contribution in [0.2, 0.25) is 0 Å². The van der Waals surface area contributed by atoms with Gasteiger partial charge in [0.1, 0.15) is 0 Å². The molecule has 1 aromatic carbocycles. The molecule has 18 heavy (non-hydrogen) atoms. The Kier molecular flexibility index (Phi) is 4.19. The molecule has 0 aliphatic heterocycles. The Morgan fingerprint density at radius 2 is 2.06 bits per heavy atom. The van der Waals surface area contributed by atoms with Crippen LogP contribution in [-0.2, 0) is 9.53 Å². The maximum Gasteiger partial charge on any atom is 0.573 e. The van der Waals surface area contributed by atoms with E-state index in [4.69, 9.17) is 5.73 Å². The summed E-state index contributed by atoms with van der Waals surface area (Å²) in [6.45, 7) is 0. The first-order valence-electron chi connectivity index (χ1n) is 4.73. The topological polar surface area (TPSA) is 61.5 Å². The van der Waals surface area contributed by atoms with E-state index < -0.39 is 18.1 Å². The second-order valence-electron chi connectivity index (χ2n) is 3.20. The lowest BCUT2D eigenvalue weighted by Crippen LogP contribution is -2.18. The van der Waals surface area contributed by atoms with Crippen molar-refractivity contribution in [2.45, 2.75) is 6.36 Å². The van der Waals surface area contributed by atoms with E-state index in [2.05, 4.69) is 9.47 Å². The van der Waals surface area contributed by atoms with E-state index >= 15 is 0 Å². The third-order valence-electron chi connectivity index (χ3n) is 1.88. The van der Waals surface area contributed by atoms with Gasteiger partial charge < -0.3 is 15.2 Å². The molecule has 0 amide bonds. The second-order valence-corrected chi connectivity index (χ2v) is 3.20. The first-order chi connectivity index (χ1) is 8.31. The summed E-state index contributed by atoms with van der Waals surface area (Å²) < 4.78 is 44.2. The highest BCUT2D eigenvalue weighted by Gasteiger charge is 2.31. The number of carbonyl (C=O) groups excluding carboxylic acids is 1. The number of anilines is 1. The fourth-order valence-corrected chi connectivity index (χ4v) is 1.10. The Morgan fingerprint density at radius 3 is 2.61 bits per heavy atom. The number of hydrogen-bond acceptors (Lipinski definition) is 4. The van der Waals surface area contributed by atoms with Crippen LogP contribution in [0.15, 0.2) is 24.3 Å². The lowest BCUT2D eigenvalue weighted by molar-refractivity contribution is -0.274. The minimum atomic E-state index is -4.82. The molecular weight excluding hydrogens is 251 g/mol. The highest BCUT2D eigenvalue weighted by atomic mass is 19.4. The van der Waals surface area contributed by atoms with Crippen LogP contribution < -0.4 is 10.5 Å². The SMILES string of the molecule is COC(=O)C=Cc1ccc(N)c(OC(F)(F)F)c1. The van der Waals surface area contributed by atoms with Crippen LogP contribution in [0.25, 0.3) is 6.08 Å². The quantitative estimate of drug-likeness (QED) is 0.515. The van der Waals surface area contributed by atoms with Gasteiger partial charge >= 0.3 is 12.3 Å². The standard InChI is InChI=1S/C11H10F3NO3/c1-17-10(16)5-3-7-2-4-8(15)9(6-7)18-11(12,13)14/h2-6H,15H2,1H3. The van der Waals surface area contributed by atoms with E-state index in [9.17, 15) is 18.0 Å². The van der Waals surface area contributed by atoms with Gasteiger partial charge in [-0.2, -0.15) is 0 Å². The van der Waals surface area contributed by atoms with Crippen molar-refractivity contribution in [2.75, 3.05) is 12.8 Å². The van der Waals surface area contributed by atoms with Gasteiger partial charge in [0.05, 0.1) is 12.8 Å². The molecule has 1 rings (SSSR count).